The maximum absolute atomic E-state index is 8.58. The summed E-state index contributed by atoms with van der Waals surface area (Å²) >= 11 is 11.0. The van der Waals surface area contributed by atoms with Crippen LogP contribution in [0.1, 0.15) is 61.0 Å². The van der Waals surface area contributed by atoms with Gasteiger partial charge in [0.2, 0.25) is 0 Å². The SMILES string of the molecule is CC.CC.CC.CC.CI.Cc1ccc(N)cc1.IC(I)I.Nc1ccc(-c2ccccc2)cc1.OB(O)c1ccccc1.[CH2-]I.[V]. The van der Waals surface area contributed by atoms with Crippen LogP contribution in [0, 0.1) is 11.9 Å². The van der Waals surface area contributed by atoms with Crippen molar-refractivity contribution in [2.75, 3.05) is 16.4 Å². The van der Waals surface area contributed by atoms with Gasteiger partial charge in [0.25, 0.3) is 0 Å². The van der Waals surface area contributed by atoms with Gasteiger partial charge in [-0.2, -0.15) is 0 Å². The van der Waals surface area contributed by atoms with Crippen LogP contribution in [0.3, 0.4) is 0 Å². The third kappa shape index (κ3) is 46.7. The number of anilines is 2. The van der Waals surface area contributed by atoms with E-state index in [2.05, 4.69) is 107 Å². The minimum atomic E-state index is -1.34. The molecule has 4 aromatic rings. The summed E-state index contributed by atoms with van der Waals surface area (Å²) in [4.78, 5) is 5.19. The zero-order chi connectivity index (χ0) is 37.3. The maximum Gasteiger partial charge on any atom is 0.488 e. The van der Waals surface area contributed by atoms with E-state index in [0.29, 0.717) is 5.46 Å². The summed E-state index contributed by atoms with van der Waals surface area (Å²) in [5.74, 6) is 0. The van der Waals surface area contributed by atoms with E-state index in [1.165, 1.54) is 16.7 Å². The van der Waals surface area contributed by atoms with Gasteiger partial charge in [0.15, 0.2) is 0 Å². The summed E-state index contributed by atoms with van der Waals surface area (Å²) in [6, 6.07) is 34.6. The van der Waals surface area contributed by atoms with Gasteiger partial charge < -0.3 is 44.1 Å². The van der Waals surface area contributed by atoms with Crippen LogP contribution in [-0.4, -0.2) is 22.0 Å². The summed E-state index contributed by atoms with van der Waals surface area (Å²) in [6.07, 6.45) is 0. The van der Waals surface area contributed by atoms with Crippen LogP contribution in [0.5, 0.6) is 0 Å². The number of aryl methyl sites for hydroxylation is 1. The van der Waals surface area contributed by atoms with Crippen LogP contribution in [0.25, 0.3) is 11.1 Å². The van der Waals surface area contributed by atoms with E-state index >= 15 is 0 Å². The zero-order valence-electron chi connectivity index (χ0n) is 29.6. The largest absolute Gasteiger partial charge is 0.488 e. The Hall–Kier alpha value is 0.699. The first-order valence-corrected chi connectivity index (χ1v) is 22.3. The van der Waals surface area contributed by atoms with Crippen LogP contribution in [-0.2, 0) is 18.6 Å². The van der Waals surface area contributed by atoms with Crippen molar-refractivity contribution in [1.82, 2.24) is 0 Å². The molecule has 0 amide bonds. The van der Waals surface area contributed by atoms with E-state index in [9.17, 15) is 0 Å². The Labute approximate surface area is 370 Å². The van der Waals surface area contributed by atoms with Gasteiger partial charge >= 0.3 is 7.12 Å². The molecule has 0 spiro atoms. The minimum absolute atomic E-state index is 0. The molecular weight excluding hydrogens is 1190 g/mol. The molecule has 0 aliphatic carbocycles. The van der Waals surface area contributed by atoms with Crippen molar-refractivity contribution in [2.24, 2.45) is 0 Å². The van der Waals surface area contributed by atoms with Gasteiger partial charge in [-0.05, 0) is 52.7 Å². The first-order valence-electron chi connectivity index (χ1n) is 14.9. The Bertz CT molecular complexity index is 1030. The molecule has 0 saturated heterocycles. The van der Waals surface area contributed by atoms with Gasteiger partial charge in [-0.25, -0.2) is 0 Å². The summed E-state index contributed by atoms with van der Waals surface area (Å²) in [5.41, 5.74) is 16.9. The van der Waals surface area contributed by atoms with Gasteiger partial charge in [-0.15, -0.1) is 0 Å². The Morgan fingerprint density at radius 2 is 0.787 bits per heavy atom. The van der Waals surface area contributed by atoms with Gasteiger partial charge in [-0.3, -0.25) is 4.93 Å². The number of hydrogen-bond acceptors (Lipinski definition) is 4. The molecule has 1 radical (unpaired) electrons. The monoisotopic (exact) mass is 1250 g/mol. The second-order valence-electron chi connectivity index (χ2n) is 6.93. The second-order valence-corrected chi connectivity index (χ2v) is 17.8. The molecule has 0 fully saturated rings. The van der Waals surface area contributed by atoms with Crippen molar-refractivity contribution in [1.29, 1.82) is 0 Å². The molecular formula is C36H57BI5N2O2V-. The Kier molecular flexibility index (Phi) is 71.5. The van der Waals surface area contributed by atoms with E-state index in [4.69, 9.17) is 21.5 Å². The van der Waals surface area contributed by atoms with E-state index in [1.54, 1.807) is 24.3 Å². The molecule has 0 aliphatic heterocycles. The van der Waals surface area contributed by atoms with Crippen LogP contribution in [0.4, 0.5) is 11.4 Å². The molecule has 11 heteroatoms. The molecule has 0 aliphatic rings. The third-order valence-corrected chi connectivity index (χ3v) is 4.19. The standard InChI is InChI=1S/C12H11N.C7H9N.C6H7BO2.4C2H6.CHI3.CH3I.CH2I.V/c13-12-8-6-11(7-9-12)10-4-2-1-3-5-10;1-6-2-4-7(8)5-3-6;8-7(9)6-4-2-1-3-5-6;4*1-2;2-1(3)4;2*1-2;/h1-9H,13H2;2-5H,8H2,1H3;1-5,8-9H;4*1-2H3;1H;1H3;1H2;/q;;;;;;;;;-1;. The minimum Gasteiger partial charge on any atom is -0.423 e. The van der Waals surface area contributed by atoms with E-state index in [1.807, 2.05) is 163 Å². The first-order chi connectivity index (χ1) is 22.2. The average molecular weight is 1250 g/mol. The topological polar surface area (TPSA) is 92.5 Å². The van der Waals surface area contributed by atoms with Gasteiger partial charge in [0.05, 0.1) is 0 Å². The molecule has 4 aromatic carbocycles. The predicted molar refractivity (Wildman–Crippen MR) is 259 cm³/mol. The average Bonchev–Trinajstić information content (AvgIpc) is 3.13. The number of nitrogen functional groups attached to an aromatic ring is 2. The van der Waals surface area contributed by atoms with Crippen molar-refractivity contribution < 1.29 is 28.6 Å². The molecule has 0 unspecified atom stereocenters. The van der Waals surface area contributed by atoms with Gasteiger partial charge in [-0.1, -0.05) is 236 Å². The fraction of sp³-hybridized carbons (Fsp3) is 0.306. The van der Waals surface area contributed by atoms with E-state index in [0.717, 1.165) is 11.3 Å². The predicted octanol–water partition coefficient (Wildman–Crippen LogP) is 12.8. The first kappa shape index (κ1) is 62.8. The summed E-state index contributed by atoms with van der Waals surface area (Å²) in [6.45, 7) is 18.0. The molecule has 4 nitrogen and oxygen atoms in total. The normalized spacial score (nSPS) is 7.55. The number of alkyl halides is 4. The number of hydrogen-bond donors (Lipinski definition) is 4. The molecule has 267 valence electrons. The molecule has 0 bridgehead atoms. The van der Waals surface area contributed by atoms with Crippen LogP contribution >= 0.6 is 113 Å². The van der Waals surface area contributed by atoms with Gasteiger partial charge in [0, 0.05) is 29.9 Å². The summed E-state index contributed by atoms with van der Waals surface area (Å²) in [7, 11) is -1.34. The zero-order valence-corrected chi connectivity index (χ0v) is 41.8. The number of rotatable bonds is 2. The van der Waals surface area contributed by atoms with Crippen molar-refractivity contribution in [2.45, 2.75) is 62.3 Å². The smallest absolute Gasteiger partial charge is 0.423 e. The quantitative estimate of drug-likeness (QED) is 0.0529. The molecule has 0 heterocycles. The molecule has 0 atom stereocenters. The van der Waals surface area contributed by atoms with E-state index < -0.39 is 7.12 Å². The molecule has 47 heavy (non-hydrogen) atoms. The van der Waals surface area contributed by atoms with Crippen molar-refractivity contribution >= 4 is 137 Å². The second kappa shape index (κ2) is 53.5. The van der Waals surface area contributed by atoms with Crippen LogP contribution < -0.4 is 16.9 Å². The number of benzene rings is 4. The Balaban J connectivity index is -0.0000000845. The Morgan fingerprint density at radius 3 is 1.04 bits per heavy atom. The summed E-state index contributed by atoms with van der Waals surface area (Å²) in [5, 5.41) is 17.2. The van der Waals surface area contributed by atoms with Gasteiger partial charge in [0.1, 0.15) is -0.0619 Å². The molecule has 0 saturated carbocycles. The van der Waals surface area contributed by atoms with Crippen molar-refractivity contribution in [3.05, 3.63) is 120 Å². The maximum atomic E-state index is 8.58. The molecule has 0 aromatic heterocycles. The molecule has 4 rings (SSSR count). The van der Waals surface area contributed by atoms with Crippen LogP contribution in [0.15, 0.2) is 109 Å². The fourth-order valence-electron chi connectivity index (χ4n) is 2.50. The van der Waals surface area contributed by atoms with Crippen LogP contribution in [0.2, 0.25) is 0 Å². The fourth-order valence-corrected chi connectivity index (χ4v) is 2.50. The number of halogens is 5. The van der Waals surface area contributed by atoms with Crippen molar-refractivity contribution in [3.8, 4) is 11.1 Å². The summed E-state index contributed by atoms with van der Waals surface area (Å²) < 4.78 is 0.743. The third-order valence-electron chi connectivity index (χ3n) is 4.19. The number of nitrogens with two attached hydrogens (primary N) is 2. The molecule has 6 N–H and O–H groups in total. The van der Waals surface area contributed by atoms with Crippen molar-refractivity contribution in [3.63, 3.8) is 0 Å². The Morgan fingerprint density at radius 1 is 0.532 bits per heavy atom. The van der Waals surface area contributed by atoms with E-state index in [-0.39, 0.29) is 18.6 Å².